The van der Waals surface area contributed by atoms with Crippen molar-refractivity contribution in [2.45, 2.75) is 58.2 Å². The molecule has 1 fully saturated rings. The summed E-state index contributed by atoms with van der Waals surface area (Å²) < 4.78 is 4.97. The number of methoxy groups -OCH3 is 1. The van der Waals surface area contributed by atoms with Gasteiger partial charge in [-0.3, -0.25) is 9.69 Å². The molecule has 1 aromatic rings. The van der Waals surface area contributed by atoms with Crippen LogP contribution in [0.15, 0.2) is 30.3 Å². The van der Waals surface area contributed by atoms with Crippen molar-refractivity contribution in [2.75, 3.05) is 26.8 Å². The van der Waals surface area contributed by atoms with Crippen LogP contribution in [0.5, 0.6) is 0 Å². The van der Waals surface area contributed by atoms with E-state index in [4.69, 9.17) is 4.74 Å². The molecule has 1 aliphatic heterocycles. The summed E-state index contributed by atoms with van der Waals surface area (Å²) in [5.74, 6) is -0.198. The maximum Gasteiger partial charge on any atom is 0.246 e. The van der Waals surface area contributed by atoms with E-state index in [-0.39, 0.29) is 30.0 Å². The molecule has 3 unspecified atom stereocenters. The number of likely N-dealkylation sites (tertiary alicyclic amines) is 1. The molecular formula is C21H34N2O3. The first-order chi connectivity index (χ1) is 12.1. The largest absolute Gasteiger partial charge is 0.388 e. The number of aliphatic hydroxyl groups is 1. The molecule has 0 aliphatic carbocycles. The molecule has 2 rings (SSSR count). The van der Waals surface area contributed by atoms with Crippen molar-refractivity contribution in [3.8, 4) is 0 Å². The lowest BCUT2D eigenvalue weighted by molar-refractivity contribution is -0.132. The minimum atomic E-state index is -0.970. The van der Waals surface area contributed by atoms with Crippen LogP contribution in [0.4, 0.5) is 0 Å². The van der Waals surface area contributed by atoms with Crippen molar-refractivity contribution in [3.05, 3.63) is 35.9 Å². The third-order valence-corrected chi connectivity index (χ3v) is 5.17. The third kappa shape index (κ3) is 5.53. The summed E-state index contributed by atoms with van der Waals surface area (Å²) in [4.78, 5) is 14.6. The maximum absolute atomic E-state index is 12.2. The molecule has 1 aliphatic rings. The molecule has 2 N–H and O–H groups in total. The standard InChI is InChI=1S/C21H34N2O3/c1-20(2,3)11-13-23-14-12-21(4,25)19(22-17(24)15-26-5)18(23)16-9-7-6-8-10-16/h6-10,18-19,25H,11-15H2,1-5H3,(H,22,24). The number of piperidine rings is 1. The van der Waals surface area contributed by atoms with Crippen molar-refractivity contribution >= 4 is 5.91 Å². The van der Waals surface area contributed by atoms with Gasteiger partial charge in [-0.25, -0.2) is 0 Å². The number of benzene rings is 1. The molecule has 0 saturated carbocycles. The highest BCUT2D eigenvalue weighted by molar-refractivity contribution is 5.77. The number of carbonyl (C=O) groups is 1. The second kappa shape index (κ2) is 8.51. The van der Waals surface area contributed by atoms with E-state index in [9.17, 15) is 9.90 Å². The summed E-state index contributed by atoms with van der Waals surface area (Å²) in [6.45, 7) is 10.3. The second-order valence-corrected chi connectivity index (χ2v) is 8.79. The van der Waals surface area contributed by atoms with E-state index in [1.54, 1.807) is 0 Å². The predicted molar refractivity (Wildman–Crippen MR) is 104 cm³/mol. The van der Waals surface area contributed by atoms with Gasteiger partial charge in [-0.05, 0) is 37.3 Å². The average molecular weight is 363 g/mol. The molecule has 5 heteroatoms. The van der Waals surface area contributed by atoms with E-state index in [0.29, 0.717) is 6.42 Å². The van der Waals surface area contributed by atoms with Crippen LogP contribution in [-0.2, 0) is 9.53 Å². The van der Waals surface area contributed by atoms with Gasteiger partial charge in [-0.1, -0.05) is 51.1 Å². The topological polar surface area (TPSA) is 61.8 Å². The minimum absolute atomic E-state index is 0.00389. The molecule has 0 bridgehead atoms. The number of nitrogens with zero attached hydrogens (tertiary/aromatic N) is 1. The molecule has 3 atom stereocenters. The molecule has 5 nitrogen and oxygen atoms in total. The van der Waals surface area contributed by atoms with Gasteiger partial charge in [0.1, 0.15) is 6.61 Å². The Morgan fingerprint density at radius 2 is 2.00 bits per heavy atom. The number of rotatable bonds is 6. The predicted octanol–water partition coefficient (Wildman–Crippen LogP) is 2.75. The normalized spacial score (nSPS) is 27.3. The number of hydrogen-bond donors (Lipinski definition) is 2. The molecular weight excluding hydrogens is 328 g/mol. The van der Waals surface area contributed by atoms with Crippen LogP contribution in [0.25, 0.3) is 0 Å². The van der Waals surface area contributed by atoms with E-state index < -0.39 is 5.60 Å². The van der Waals surface area contributed by atoms with E-state index >= 15 is 0 Å². The molecule has 0 aromatic heterocycles. The second-order valence-electron chi connectivity index (χ2n) is 8.79. The highest BCUT2D eigenvalue weighted by Gasteiger charge is 2.46. The van der Waals surface area contributed by atoms with Gasteiger partial charge in [0.15, 0.2) is 0 Å². The van der Waals surface area contributed by atoms with Crippen LogP contribution < -0.4 is 5.32 Å². The Balaban J connectivity index is 2.32. The Morgan fingerprint density at radius 3 is 2.58 bits per heavy atom. The maximum atomic E-state index is 12.2. The monoisotopic (exact) mass is 362 g/mol. The van der Waals surface area contributed by atoms with Crippen LogP contribution >= 0.6 is 0 Å². The van der Waals surface area contributed by atoms with E-state index in [2.05, 4.69) is 43.1 Å². The lowest BCUT2D eigenvalue weighted by atomic mass is 9.79. The van der Waals surface area contributed by atoms with Gasteiger partial charge < -0.3 is 15.2 Å². The zero-order valence-corrected chi connectivity index (χ0v) is 16.8. The molecule has 1 saturated heterocycles. The van der Waals surface area contributed by atoms with Crippen molar-refractivity contribution in [1.29, 1.82) is 0 Å². The zero-order valence-electron chi connectivity index (χ0n) is 16.8. The first-order valence-corrected chi connectivity index (χ1v) is 9.44. The van der Waals surface area contributed by atoms with E-state index in [0.717, 1.165) is 25.1 Å². The van der Waals surface area contributed by atoms with Crippen molar-refractivity contribution in [1.82, 2.24) is 10.2 Å². The zero-order chi connectivity index (χ0) is 19.4. The lowest BCUT2D eigenvalue weighted by Gasteiger charge is -2.49. The molecule has 0 spiro atoms. The van der Waals surface area contributed by atoms with Crippen molar-refractivity contribution in [2.24, 2.45) is 5.41 Å². The van der Waals surface area contributed by atoms with Gasteiger partial charge in [0.25, 0.3) is 0 Å². The highest BCUT2D eigenvalue weighted by Crippen LogP contribution is 2.37. The van der Waals surface area contributed by atoms with Gasteiger partial charge in [-0.2, -0.15) is 0 Å². The van der Waals surface area contributed by atoms with Crippen LogP contribution in [-0.4, -0.2) is 54.4 Å². The summed E-state index contributed by atoms with van der Waals surface area (Å²) in [7, 11) is 1.50. The number of nitrogens with one attached hydrogen (secondary N) is 1. The first-order valence-electron chi connectivity index (χ1n) is 9.44. The molecule has 0 radical (unpaired) electrons. The van der Waals surface area contributed by atoms with Crippen LogP contribution in [0.2, 0.25) is 0 Å². The van der Waals surface area contributed by atoms with E-state index in [1.165, 1.54) is 7.11 Å². The number of carbonyl (C=O) groups excluding carboxylic acids is 1. The van der Waals surface area contributed by atoms with Crippen molar-refractivity contribution < 1.29 is 14.6 Å². The summed E-state index contributed by atoms with van der Waals surface area (Å²) in [5, 5.41) is 14.1. The molecule has 1 aromatic carbocycles. The summed E-state index contributed by atoms with van der Waals surface area (Å²) in [6.07, 6.45) is 1.68. The van der Waals surface area contributed by atoms with Gasteiger partial charge in [-0.15, -0.1) is 0 Å². The number of hydrogen-bond acceptors (Lipinski definition) is 4. The Bertz CT molecular complexity index is 581. The summed E-state index contributed by atoms with van der Waals surface area (Å²) in [5.41, 5.74) is 0.377. The fourth-order valence-electron chi connectivity index (χ4n) is 3.58. The van der Waals surface area contributed by atoms with Gasteiger partial charge in [0, 0.05) is 13.7 Å². The Morgan fingerprint density at radius 1 is 1.35 bits per heavy atom. The fraction of sp³-hybridized carbons (Fsp3) is 0.667. The van der Waals surface area contributed by atoms with Crippen LogP contribution in [0.1, 0.15) is 52.1 Å². The number of ether oxygens (including phenoxy) is 1. The molecule has 1 amide bonds. The average Bonchev–Trinajstić information content (AvgIpc) is 2.55. The Kier molecular flexibility index (Phi) is 6.83. The molecule has 1 heterocycles. The third-order valence-electron chi connectivity index (χ3n) is 5.17. The smallest absolute Gasteiger partial charge is 0.246 e. The van der Waals surface area contributed by atoms with E-state index in [1.807, 2.05) is 25.1 Å². The quantitative estimate of drug-likeness (QED) is 0.817. The number of amides is 1. The highest BCUT2D eigenvalue weighted by atomic mass is 16.5. The lowest BCUT2D eigenvalue weighted by Crippen LogP contribution is -2.63. The molecule has 146 valence electrons. The summed E-state index contributed by atoms with van der Waals surface area (Å²) >= 11 is 0. The van der Waals surface area contributed by atoms with Gasteiger partial charge in [0.05, 0.1) is 17.7 Å². The fourth-order valence-corrected chi connectivity index (χ4v) is 3.58. The Labute approximate surface area is 157 Å². The van der Waals surface area contributed by atoms with Gasteiger partial charge in [0.2, 0.25) is 5.91 Å². The minimum Gasteiger partial charge on any atom is -0.388 e. The van der Waals surface area contributed by atoms with Crippen molar-refractivity contribution in [3.63, 3.8) is 0 Å². The molecule has 26 heavy (non-hydrogen) atoms. The Hall–Kier alpha value is -1.43. The van der Waals surface area contributed by atoms with Crippen LogP contribution in [0, 0.1) is 5.41 Å². The summed E-state index contributed by atoms with van der Waals surface area (Å²) in [6, 6.07) is 9.70. The van der Waals surface area contributed by atoms with Gasteiger partial charge >= 0.3 is 0 Å². The van der Waals surface area contributed by atoms with Crippen LogP contribution in [0.3, 0.4) is 0 Å². The SMILES string of the molecule is COCC(=O)NC1C(c2ccccc2)N(CCC(C)(C)C)CCC1(C)O. The first kappa shape index (κ1) is 20.9.